The quantitative estimate of drug-likeness (QED) is 0.227. The zero-order chi connectivity index (χ0) is 23.9. The Hall–Kier alpha value is -2.66. The highest BCUT2D eigenvalue weighted by Crippen LogP contribution is 2.44. The largest absolute Gasteiger partial charge is 0.273 e. The number of benzene rings is 2. The van der Waals surface area contributed by atoms with Crippen LogP contribution in [0.1, 0.15) is 28.8 Å². The monoisotopic (exact) mass is 581 g/mol. The molecule has 0 bridgehead atoms. The maximum absolute atomic E-state index is 14.4. The zero-order valence-electron chi connectivity index (χ0n) is 17.1. The van der Waals surface area contributed by atoms with Crippen LogP contribution in [0.15, 0.2) is 48.5 Å². The Labute approximate surface area is 205 Å². The van der Waals surface area contributed by atoms with Gasteiger partial charge in [-0.1, -0.05) is 56.1 Å². The molecule has 1 heterocycles. The van der Waals surface area contributed by atoms with Crippen LogP contribution in [0.5, 0.6) is 0 Å². The van der Waals surface area contributed by atoms with E-state index in [4.69, 9.17) is 0 Å². The number of fused-ring (bicyclic) bond motifs is 1. The number of nitro benzene ring substituents is 1. The van der Waals surface area contributed by atoms with Gasteiger partial charge in [-0.3, -0.25) is 24.5 Å². The molecule has 1 saturated heterocycles. The number of nitrogens with zero attached hydrogens (tertiary/aromatic N) is 3. The predicted molar refractivity (Wildman–Crippen MR) is 123 cm³/mol. The van der Waals surface area contributed by atoms with Gasteiger partial charge in [0, 0.05) is 32.9 Å². The number of nitro groups is 1. The van der Waals surface area contributed by atoms with E-state index < -0.39 is 40.3 Å². The van der Waals surface area contributed by atoms with Gasteiger partial charge in [-0.05, 0) is 25.0 Å². The van der Waals surface area contributed by atoms with E-state index in [2.05, 4.69) is 31.9 Å². The predicted octanol–water partition coefficient (Wildman–Crippen LogP) is 4.21. The van der Waals surface area contributed by atoms with E-state index in [9.17, 15) is 28.9 Å². The van der Waals surface area contributed by atoms with Gasteiger partial charge in [0.15, 0.2) is 0 Å². The number of hydrogen-bond acceptors (Lipinski definition) is 5. The van der Waals surface area contributed by atoms with Crippen molar-refractivity contribution in [3.8, 4) is 0 Å². The molecule has 172 valence electrons. The van der Waals surface area contributed by atoms with E-state index >= 15 is 0 Å². The lowest BCUT2D eigenvalue weighted by Crippen LogP contribution is -2.50. The summed E-state index contributed by atoms with van der Waals surface area (Å²) in [5.74, 6) is -3.72. The van der Waals surface area contributed by atoms with Crippen LogP contribution in [0.2, 0.25) is 0 Å². The van der Waals surface area contributed by atoms with Crippen molar-refractivity contribution in [3.05, 3.63) is 75.6 Å². The molecule has 2 aromatic rings. The van der Waals surface area contributed by atoms with Crippen LogP contribution in [0.3, 0.4) is 0 Å². The molecule has 2 fully saturated rings. The first-order chi connectivity index (χ1) is 15.7. The molecule has 4 atom stereocenters. The second-order valence-electron chi connectivity index (χ2n) is 7.97. The van der Waals surface area contributed by atoms with Gasteiger partial charge in [-0.25, -0.2) is 9.40 Å². The smallest absolute Gasteiger partial charge is 0.272 e. The van der Waals surface area contributed by atoms with Crippen LogP contribution in [0, 0.1) is 27.8 Å². The van der Waals surface area contributed by atoms with Crippen LogP contribution in [-0.4, -0.2) is 42.3 Å². The number of alkyl halides is 2. The average Bonchev–Trinajstić information content (AvgIpc) is 3.02. The highest BCUT2D eigenvalue weighted by Gasteiger charge is 2.54. The highest BCUT2D eigenvalue weighted by molar-refractivity contribution is 9.12. The van der Waals surface area contributed by atoms with Gasteiger partial charge in [0.25, 0.3) is 23.4 Å². The number of hydrogen-bond donors (Lipinski definition) is 0. The molecule has 0 radical (unpaired) electrons. The van der Waals surface area contributed by atoms with Crippen molar-refractivity contribution < 1.29 is 23.7 Å². The lowest BCUT2D eigenvalue weighted by atomic mass is 9.81. The Morgan fingerprint density at radius 1 is 1.06 bits per heavy atom. The molecule has 2 aliphatic rings. The van der Waals surface area contributed by atoms with Crippen molar-refractivity contribution in [1.29, 1.82) is 0 Å². The summed E-state index contributed by atoms with van der Waals surface area (Å²) in [4.78, 5) is 50.5. The number of non-ortho nitro benzene ring substituents is 1. The maximum atomic E-state index is 14.4. The first kappa shape index (κ1) is 23.5. The number of imide groups is 1. The first-order valence-corrected chi connectivity index (χ1v) is 12.0. The van der Waals surface area contributed by atoms with Gasteiger partial charge in [0.05, 0.1) is 23.3 Å². The summed E-state index contributed by atoms with van der Waals surface area (Å²) in [7, 11) is 0. The second-order valence-corrected chi connectivity index (χ2v) is 10.3. The minimum absolute atomic E-state index is 0.0251. The molecular formula is C22H18Br2FN3O5. The Morgan fingerprint density at radius 3 is 2.24 bits per heavy atom. The molecule has 0 N–H and O–H groups in total. The van der Waals surface area contributed by atoms with E-state index in [0.29, 0.717) is 12.8 Å². The van der Waals surface area contributed by atoms with E-state index in [1.165, 1.54) is 36.4 Å². The molecular weight excluding hydrogens is 565 g/mol. The molecule has 0 aromatic heterocycles. The van der Waals surface area contributed by atoms with Crippen LogP contribution >= 0.6 is 31.9 Å². The average molecular weight is 583 g/mol. The standard InChI is InChI=1S/C22H18Br2FN3O5/c23-17-9-15-16(10-18(17)24)22(31)27(21(15)30)26(11-13-4-1-2-7-19(13)25)20(29)12-5-3-6-14(8-12)28(32)33/h1-8,15-18H,9-11H2/t15-,16-,17-,18+/m1/s1. The molecule has 1 saturated carbocycles. The number of rotatable bonds is 5. The summed E-state index contributed by atoms with van der Waals surface area (Å²) in [6.45, 7) is -0.388. The fraction of sp³-hybridized carbons (Fsp3) is 0.318. The minimum atomic E-state index is -0.812. The molecule has 1 aliphatic carbocycles. The Bertz CT molecular complexity index is 1120. The van der Waals surface area contributed by atoms with Crippen molar-refractivity contribution in [2.24, 2.45) is 11.8 Å². The van der Waals surface area contributed by atoms with Crippen LogP contribution in [0.4, 0.5) is 10.1 Å². The lowest BCUT2D eigenvalue weighted by Gasteiger charge is -2.30. The molecule has 4 rings (SSSR count). The number of hydrazine groups is 1. The third kappa shape index (κ3) is 4.43. The van der Waals surface area contributed by atoms with Crippen LogP contribution in [-0.2, 0) is 16.1 Å². The van der Waals surface area contributed by atoms with E-state index in [0.717, 1.165) is 16.1 Å². The summed E-state index contributed by atoms with van der Waals surface area (Å²) in [6, 6.07) is 10.7. The van der Waals surface area contributed by atoms with Gasteiger partial charge in [0.1, 0.15) is 5.82 Å². The molecule has 0 unspecified atom stereocenters. The van der Waals surface area contributed by atoms with Crippen molar-refractivity contribution >= 4 is 55.3 Å². The van der Waals surface area contributed by atoms with Crippen LogP contribution in [0.25, 0.3) is 0 Å². The van der Waals surface area contributed by atoms with Gasteiger partial charge < -0.3 is 0 Å². The molecule has 11 heteroatoms. The Kier molecular flexibility index (Phi) is 6.62. The Morgan fingerprint density at radius 2 is 1.67 bits per heavy atom. The van der Waals surface area contributed by atoms with Crippen molar-refractivity contribution in [1.82, 2.24) is 10.0 Å². The Balaban J connectivity index is 1.75. The summed E-state index contributed by atoms with van der Waals surface area (Å²) in [5.41, 5.74) is -0.306. The van der Waals surface area contributed by atoms with Gasteiger partial charge in [-0.15, -0.1) is 0 Å². The number of carbonyl (C=O) groups is 3. The summed E-state index contributed by atoms with van der Waals surface area (Å²) >= 11 is 7.04. The van der Waals surface area contributed by atoms with E-state index in [1.54, 1.807) is 6.07 Å². The summed E-state index contributed by atoms with van der Waals surface area (Å²) in [5, 5.41) is 12.9. The third-order valence-corrected chi connectivity index (χ3v) is 8.68. The van der Waals surface area contributed by atoms with Crippen LogP contribution < -0.4 is 0 Å². The number of carbonyl (C=O) groups excluding carboxylic acids is 3. The number of halogens is 3. The van der Waals surface area contributed by atoms with Gasteiger partial charge >= 0.3 is 0 Å². The molecule has 3 amide bonds. The highest BCUT2D eigenvalue weighted by atomic mass is 79.9. The lowest BCUT2D eigenvalue weighted by molar-refractivity contribution is -0.384. The topological polar surface area (TPSA) is 101 Å². The fourth-order valence-corrected chi connectivity index (χ4v) is 5.48. The third-order valence-electron chi connectivity index (χ3n) is 5.95. The van der Waals surface area contributed by atoms with Gasteiger partial charge in [0.2, 0.25) is 0 Å². The normalized spacial score (nSPS) is 24.5. The molecule has 2 aromatic carbocycles. The van der Waals surface area contributed by atoms with Crippen molar-refractivity contribution in [3.63, 3.8) is 0 Å². The molecule has 1 aliphatic heterocycles. The molecule has 8 nitrogen and oxygen atoms in total. The van der Waals surface area contributed by atoms with Gasteiger partial charge in [-0.2, -0.15) is 5.01 Å². The SMILES string of the molecule is O=C(c1cccc([N+](=O)[O-])c1)N(Cc1ccccc1F)N1C(=O)[C@@H]2C[C@@H](Br)[C@@H](Br)C[C@H]2C1=O. The maximum Gasteiger partial charge on any atom is 0.273 e. The van der Waals surface area contributed by atoms with Crippen molar-refractivity contribution in [2.75, 3.05) is 0 Å². The fourth-order valence-electron chi connectivity index (χ4n) is 4.24. The summed E-state index contributed by atoms with van der Waals surface area (Å²) in [6.07, 6.45) is 0.806. The van der Waals surface area contributed by atoms with Crippen molar-refractivity contribution in [2.45, 2.75) is 29.0 Å². The van der Waals surface area contributed by atoms with E-state index in [1.807, 2.05) is 0 Å². The summed E-state index contributed by atoms with van der Waals surface area (Å²) < 4.78 is 14.4. The second kappa shape index (κ2) is 9.30. The number of amides is 3. The minimum Gasteiger partial charge on any atom is -0.272 e. The molecule has 33 heavy (non-hydrogen) atoms. The molecule has 0 spiro atoms. The van der Waals surface area contributed by atoms with E-state index in [-0.39, 0.29) is 33.0 Å². The first-order valence-electron chi connectivity index (χ1n) is 10.1. The zero-order valence-corrected chi connectivity index (χ0v) is 20.2.